The van der Waals surface area contributed by atoms with Crippen LogP contribution in [0.4, 0.5) is 14.9 Å². The number of nitrogens with one attached hydrogen (secondary N) is 1. The summed E-state index contributed by atoms with van der Waals surface area (Å²) in [6, 6.07) is 17.3. The zero-order valence-electron chi connectivity index (χ0n) is 14.9. The Labute approximate surface area is 157 Å². The van der Waals surface area contributed by atoms with E-state index in [0.717, 1.165) is 17.0 Å². The van der Waals surface area contributed by atoms with Crippen molar-refractivity contribution in [3.63, 3.8) is 0 Å². The molecule has 4 rings (SSSR count). The highest BCUT2D eigenvalue weighted by molar-refractivity contribution is 5.90. The Morgan fingerprint density at radius 3 is 2.59 bits per heavy atom. The fourth-order valence-electron chi connectivity index (χ4n) is 3.49. The zero-order valence-corrected chi connectivity index (χ0v) is 14.9. The SMILES string of the molecule is COc1ccc([C@@H]2c3cccn3CCN2C(=O)Nc2ccccc2F)cc1. The van der Waals surface area contributed by atoms with Gasteiger partial charge in [0.15, 0.2) is 0 Å². The second kappa shape index (κ2) is 7.15. The van der Waals surface area contributed by atoms with E-state index in [2.05, 4.69) is 9.88 Å². The normalized spacial score (nSPS) is 15.9. The highest BCUT2D eigenvalue weighted by Gasteiger charge is 2.32. The molecule has 2 amide bonds. The number of urea groups is 1. The van der Waals surface area contributed by atoms with Crippen LogP contribution in [0.1, 0.15) is 17.3 Å². The van der Waals surface area contributed by atoms with E-state index in [-0.39, 0.29) is 17.8 Å². The van der Waals surface area contributed by atoms with E-state index in [9.17, 15) is 9.18 Å². The number of aromatic nitrogens is 1. The lowest BCUT2D eigenvalue weighted by Gasteiger charge is -2.37. The van der Waals surface area contributed by atoms with Crippen molar-refractivity contribution in [1.29, 1.82) is 0 Å². The van der Waals surface area contributed by atoms with Gasteiger partial charge < -0.3 is 19.5 Å². The summed E-state index contributed by atoms with van der Waals surface area (Å²) >= 11 is 0. The summed E-state index contributed by atoms with van der Waals surface area (Å²) in [7, 11) is 1.62. The molecule has 1 aliphatic rings. The molecule has 0 aliphatic carbocycles. The number of para-hydroxylation sites is 1. The number of amides is 2. The smallest absolute Gasteiger partial charge is 0.322 e. The molecule has 1 atom stereocenters. The lowest BCUT2D eigenvalue weighted by molar-refractivity contribution is 0.181. The minimum Gasteiger partial charge on any atom is -0.497 e. The molecule has 5 nitrogen and oxygen atoms in total. The lowest BCUT2D eigenvalue weighted by Crippen LogP contribution is -2.44. The Bertz CT molecular complexity index is 952. The molecule has 1 aromatic heterocycles. The lowest BCUT2D eigenvalue weighted by atomic mass is 10.00. The van der Waals surface area contributed by atoms with Gasteiger partial charge in [0.2, 0.25) is 0 Å². The fraction of sp³-hybridized carbons (Fsp3) is 0.190. The third-order valence-corrected chi connectivity index (χ3v) is 4.85. The minimum atomic E-state index is -0.452. The molecule has 2 aromatic carbocycles. The van der Waals surface area contributed by atoms with E-state index in [4.69, 9.17) is 4.74 Å². The number of carbonyl (C=O) groups is 1. The topological polar surface area (TPSA) is 46.5 Å². The van der Waals surface area contributed by atoms with E-state index >= 15 is 0 Å². The molecule has 138 valence electrons. The van der Waals surface area contributed by atoms with Crippen LogP contribution in [-0.4, -0.2) is 29.2 Å². The van der Waals surface area contributed by atoms with Gasteiger partial charge in [-0.15, -0.1) is 0 Å². The molecule has 1 aliphatic heterocycles. The van der Waals surface area contributed by atoms with E-state index in [1.54, 1.807) is 30.2 Å². The number of methoxy groups -OCH3 is 1. The van der Waals surface area contributed by atoms with Crippen LogP contribution in [0.5, 0.6) is 5.75 Å². The molecule has 0 unspecified atom stereocenters. The van der Waals surface area contributed by atoms with Crippen LogP contribution in [0.25, 0.3) is 0 Å². The zero-order chi connectivity index (χ0) is 18.8. The number of benzene rings is 2. The number of ether oxygens (including phenoxy) is 1. The van der Waals surface area contributed by atoms with Crippen LogP contribution in [0, 0.1) is 5.82 Å². The molecular formula is C21H20FN3O2. The molecule has 0 saturated carbocycles. The molecule has 3 aromatic rings. The standard InChI is InChI=1S/C21H20FN3O2/c1-27-16-10-8-15(9-11-16)20-19-7-4-12-24(19)13-14-25(20)21(26)23-18-6-3-2-5-17(18)22/h2-12,20H,13-14H2,1H3,(H,23,26)/t20-/m1/s1. The first-order valence-corrected chi connectivity index (χ1v) is 8.78. The molecule has 0 fully saturated rings. The third kappa shape index (κ3) is 3.26. The first-order valence-electron chi connectivity index (χ1n) is 8.78. The second-order valence-corrected chi connectivity index (χ2v) is 6.41. The summed E-state index contributed by atoms with van der Waals surface area (Å²) in [5, 5.41) is 2.70. The van der Waals surface area contributed by atoms with Gasteiger partial charge in [-0.2, -0.15) is 0 Å². The Kier molecular flexibility index (Phi) is 4.54. The van der Waals surface area contributed by atoms with Crippen LogP contribution in [-0.2, 0) is 6.54 Å². The highest BCUT2D eigenvalue weighted by Crippen LogP contribution is 2.33. The second-order valence-electron chi connectivity index (χ2n) is 6.41. The number of carbonyl (C=O) groups excluding carboxylic acids is 1. The van der Waals surface area contributed by atoms with Crippen molar-refractivity contribution < 1.29 is 13.9 Å². The van der Waals surface area contributed by atoms with Gasteiger partial charge in [-0.25, -0.2) is 9.18 Å². The van der Waals surface area contributed by atoms with Crippen molar-refractivity contribution in [2.75, 3.05) is 19.0 Å². The predicted octanol–water partition coefficient (Wildman–Crippen LogP) is 4.27. The Hall–Kier alpha value is -3.28. The summed E-state index contributed by atoms with van der Waals surface area (Å²) in [4.78, 5) is 14.7. The minimum absolute atomic E-state index is 0.178. The number of hydrogen-bond donors (Lipinski definition) is 1. The molecule has 0 spiro atoms. The van der Waals surface area contributed by atoms with Crippen molar-refractivity contribution in [3.05, 3.63) is 83.9 Å². The van der Waals surface area contributed by atoms with Crippen molar-refractivity contribution in [2.45, 2.75) is 12.6 Å². The number of nitrogens with zero attached hydrogens (tertiary/aromatic N) is 2. The van der Waals surface area contributed by atoms with E-state index in [0.29, 0.717) is 13.1 Å². The van der Waals surface area contributed by atoms with Crippen LogP contribution in [0.15, 0.2) is 66.9 Å². The van der Waals surface area contributed by atoms with Crippen LogP contribution >= 0.6 is 0 Å². The molecule has 2 heterocycles. The number of halogens is 1. The summed E-state index contributed by atoms with van der Waals surface area (Å²) in [5.74, 6) is 0.305. The van der Waals surface area contributed by atoms with E-state index in [1.165, 1.54) is 6.07 Å². The first kappa shape index (κ1) is 17.1. The molecule has 0 saturated heterocycles. The van der Waals surface area contributed by atoms with Gasteiger partial charge >= 0.3 is 6.03 Å². The highest BCUT2D eigenvalue weighted by atomic mass is 19.1. The van der Waals surface area contributed by atoms with Gasteiger partial charge in [0.1, 0.15) is 11.6 Å². The third-order valence-electron chi connectivity index (χ3n) is 4.85. The number of fused-ring (bicyclic) bond motifs is 1. The van der Waals surface area contributed by atoms with Gasteiger partial charge in [-0.3, -0.25) is 0 Å². The molecule has 6 heteroatoms. The maximum absolute atomic E-state index is 14.0. The monoisotopic (exact) mass is 365 g/mol. The summed E-state index contributed by atoms with van der Waals surface area (Å²) < 4.78 is 21.3. The molecule has 1 N–H and O–H groups in total. The van der Waals surface area contributed by atoms with Crippen molar-refractivity contribution in [1.82, 2.24) is 9.47 Å². The van der Waals surface area contributed by atoms with Crippen molar-refractivity contribution in [2.24, 2.45) is 0 Å². The largest absolute Gasteiger partial charge is 0.497 e. The van der Waals surface area contributed by atoms with E-state index < -0.39 is 5.82 Å². The average Bonchev–Trinajstić information content (AvgIpc) is 3.18. The Balaban J connectivity index is 1.67. The molecular weight excluding hydrogens is 345 g/mol. The van der Waals surface area contributed by atoms with Gasteiger partial charge in [0, 0.05) is 25.0 Å². The maximum atomic E-state index is 14.0. The Morgan fingerprint density at radius 1 is 1.07 bits per heavy atom. The Morgan fingerprint density at radius 2 is 1.85 bits per heavy atom. The number of anilines is 1. The van der Waals surface area contributed by atoms with Gasteiger partial charge in [-0.05, 0) is 42.0 Å². The summed E-state index contributed by atoms with van der Waals surface area (Å²) in [6.45, 7) is 1.22. The van der Waals surface area contributed by atoms with Gasteiger partial charge in [-0.1, -0.05) is 24.3 Å². The van der Waals surface area contributed by atoms with E-state index in [1.807, 2.05) is 42.6 Å². The first-order chi connectivity index (χ1) is 13.2. The fourth-order valence-corrected chi connectivity index (χ4v) is 3.49. The van der Waals surface area contributed by atoms with Crippen molar-refractivity contribution in [3.8, 4) is 5.75 Å². The van der Waals surface area contributed by atoms with Gasteiger partial charge in [0.25, 0.3) is 0 Å². The molecule has 0 bridgehead atoms. The number of rotatable bonds is 3. The average molecular weight is 365 g/mol. The van der Waals surface area contributed by atoms with Crippen LogP contribution in [0.2, 0.25) is 0 Å². The van der Waals surface area contributed by atoms with Crippen LogP contribution < -0.4 is 10.1 Å². The summed E-state index contributed by atoms with van der Waals surface area (Å²) in [5.41, 5.74) is 2.17. The quantitative estimate of drug-likeness (QED) is 0.753. The van der Waals surface area contributed by atoms with Crippen molar-refractivity contribution >= 4 is 11.7 Å². The van der Waals surface area contributed by atoms with Gasteiger partial charge in [0.05, 0.1) is 18.8 Å². The van der Waals surface area contributed by atoms with Crippen LogP contribution in [0.3, 0.4) is 0 Å². The predicted molar refractivity (Wildman–Crippen MR) is 101 cm³/mol. The molecule has 27 heavy (non-hydrogen) atoms. The molecule has 0 radical (unpaired) electrons. The summed E-state index contributed by atoms with van der Waals surface area (Å²) in [6.07, 6.45) is 2.01. The number of hydrogen-bond acceptors (Lipinski definition) is 2. The maximum Gasteiger partial charge on any atom is 0.322 e.